The first-order chi connectivity index (χ1) is 11.1. The van der Waals surface area contributed by atoms with Gasteiger partial charge in [-0.3, -0.25) is 9.69 Å². The maximum atomic E-state index is 11.9. The number of rotatable bonds is 5. The molecule has 1 aromatic rings. The van der Waals surface area contributed by atoms with Crippen LogP contribution in [0.2, 0.25) is 0 Å². The average molecular weight is 316 g/mol. The van der Waals surface area contributed by atoms with Gasteiger partial charge in [-0.05, 0) is 49.6 Å². The molecule has 23 heavy (non-hydrogen) atoms. The Bertz CT molecular complexity index is 574. The van der Waals surface area contributed by atoms with Gasteiger partial charge in [-0.2, -0.15) is 0 Å². The van der Waals surface area contributed by atoms with Crippen LogP contribution in [0.25, 0.3) is 0 Å². The molecular formula is C18H28N4O. The zero-order valence-corrected chi connectivity index (χ0v) is 14.3. The van der Waals surface area contributed by atoms with Gasteiger partial charge in [0.15, 0.2) is 0 Å². The van der Waals surface area contributed by atoms with Crippen LogP contribution in [0.1, 0.15) is 50.8 Å². The molecule has 1 fully saturated rings. The van der Waals surface area contributed by atoms with Crippen molar-refractivity contribution in [3.8, 4) is 0 Å². The number of anilines is 1. The fourth-order valence-corrected chi connectivity index (χ4v) is 4.38. The van der Waals surface area contributed by atoms with Gasteiger partial charge in [-0.25, -0.2) is 9.97 Å². The summed E-state index contributed by atoms with van der Waals surface area (Å²) in [6, 6.07) is 0.572. The Morgan fingerprint density at radius 3 is 2.96 bits per heavy atom. The molecule has 0 unspecified atom stereocenters. The first kappa shape index (κ1) is 16.4. The van der Waals surface area contributed by atoms with Crippen LogP contribution in [-0.4, -0.2) is 39.8 Å². The van der Waals surface area contributed by atoms with E-state index in [1.165, 1.54) is 5.56 Å². The molecule has 0 bridgehead atoms. The number of carbonyl (C=O) groups excluding carboxylic acids is 1. The van der Waals surface area contributed by atoms with Gasteiger partial charge in [-0.1, -0.05) is 13.8 Å². The van der Waals surface area contributed by atoms with Crippen LogP contribution in [0, 0.1) is 11.8 Å². The Hall–Kier alpha value is -1.49. The third kappa shape index (κ3) is 3.55. The van der Waals surface area contributed by atoms with Crippen molar-refractivity contribution in [1.82, 2.24) is 14.9 Å². The Morgan fingerprint density at radius 2 is 2.22 bits per heavy atom. The highest BCUT2D eigenvalue weighted by Gasteiger charge is 2.39. The largest absolute Gasteiger partial charge is 0.368 e. The second kappa shape index (κ2) is 6.95. The summed E-state index contributed by atoms with van der Waals surface area (Å²) in [5.41, 5.74) is 8.14. The van der Waals surface area contributed by atoms with E-state index in [0.29, 0.717) is 36.0 Å². The molecule has 3 rings (SSSR count). The van der Waals surface area contributed by atoms with Gasteiger partial charge in [0.2, 0.25) is 5.95 Å². The number of carbonyl (C=O) groups is 1. The fraction of sp³-hybridized carbons (Fsp3) is 0.722. The van der Waals surface area contributed by atoms with E-state index in [4.69, 9.17) is 5.73 Å². The van der Waals surface area contributed by atoms with Crippen molar-refractivity contribution in [2.45, 2.75) is 58.4 Å². The lowest BCUT2D eigenvalue weighted by Gasteiger charge is -2.47. The smallest absolute Gasteiger partial charge is 0.220 e. The van der Waals surface area contributed by atoms with Crippen molar-refractivity contribution in [3.63, 3.8) is 0 Å². The number of hydrogen-bond acceptors (Lipinski definition) is 5. The predicted octanol–water partition coefficient (Wildman–Crippen LogP) is 2.24. The van der Waals surface area contributed by atoms with E-state index in [9.17, 15) is 4.79 Å². The number of nitrogens with zero attached hydrogens (tertiary/aromatic N) is 3. The molecule has 5 nitrogen and oxygen atoms in total. The van der Waals surface area contributed by atoms with Gasteiger partial charge in [0.25, 0.3) is 0 Å². The Morgan fingerprint density at radius 1 is 1.39 bits per heavy atom. The van der Waals surface area contributed by atoms with Crippen molar-refractivity contribution in [3.05, 3.63) is 17.5 Å². The van der Waals surface area contributed by atoms with Crippen LogP contribution in [0.5, 0.6) is 0 Å². The summed E-state index contributed by atoms with van der Waals surface area (Å²) in [5.74, 6) is 1.86. The number of Topliss-reactive ketones (excluding diaryl/α,β-unsaturated/α-hetero) is 1. The zero-order valence-electron chi connectivity index (χ0n) is 14.3. The fourth-order valence-electron chi connectivity index (χ4n) is 4.38. The van der Waals surface area contributed by atoms with Gasteiger partial charge in [-0.15, -0.1) is 0 Å². The molecule has 0 saturated carbocycles. The standard InChI is InChI=1S/C18H28N4O/c1-3-5-22-11-12(7-15(23)4-2)6-13-8-16-14(9-17(13)22)10-20-18(19)21-16/h10,12-13,17H,3-9,11H2,1-2H3,(H2,19,20,21)/t12-,13-,17-/m1/s1. The lowest BCUT2D eigenvalue weighted by molar-refractivity contribution is -0.120. The van der Waals surface area contributed by atoms with Crippen LogP contribution >= 0.6 is 0 Å². The Balaban J connectivity index is 1.80. The second-order valence-electron chi connectivity index (χ2n) is 7.13. The molecule has 0 spiro atoms. The number of nitrogens with two attached hydrogens (primary N) is 1. The van der Waals surface area contributed by atoms with Crippen molar-refractivity contribution in [2.24, 2.45) is 11.8 Å². The Kier molecular flexibility index (Phi) is 4.95. The van der Waals surface area contributed by atoms with E-state index in [2.05, 4.69) is 21.8 Å². The SMILES string of the molecule is CCCN1C[C@@H](CC(=O)CC)C[C@@H]2Cc3nc(N)ncc3C[C@H]21. The van der Waals surface area contributed by atoms with Gasteiger partial charge in [0, 0.05) is 37.3 Å². The van der Waals surface area contributed by atoms with Crippen molar-refractivity contribution in [1.29, 1.82) is 0 Å². The van der Waals surface area contributed by atoms with Crippen LogP contribution in [-0.2, 0) is 17.6 Å². The molecule has 1 saturated heterocycles. The highest BCUT2D eigenvalue weighted by atomic mass is 16.1. The number of piperidine rings is 1. The number of nitrogen functional groups attached to an aromatic ring is 1. The molecule has 0 amide bonds. The maximum absolute atomic E-state index is 11.9. The average Bonchev–Trinajstić information content (AvgIpc) is 2.53. The van der Waals surface area contributed by atoms with Crippen LogP contribution in [0.4, 0.5) is 5.95 Å². The number of ketones is 1. The van der Waals surface area contributed by atoms with E-state index in [1.54, 1.807) is 0 Å². The lowest BCUT2D eigenvalue weighted by atomic mass is 9.73. The van der Waals surface area contributed by atoms with Gasteiger partial charge < -0.3 is 5.73 Å². The molecule has 5 heteroatoms. The van der Waals surface area contributed by atoms with E-state index in [0.717, 1.165) is 50.9 Å². The third-order valence-corrected chi connectivity index (χ3v) is 5.42. The molecular weight excluding hydrogens is 288 g/mol. The van der Waals surface area contributed by atoms with Crippen molar-refractivity contribution < 1.29 is 4.79 Å². The quantitative estimate of drug-likeness (QED) is 0.902. The number of likely N-dealkylation sites (tertiary alicyclic amines) is 1. The molecule has 2 aliphatic rings. The van der Waals surface area contributed by atoms with E-state index in [-0.39, 0.29) is 0 Å². The normalized spacial score (nSPS) is 27.3. The molecule has 0 aromatic carbocycles. The monoisotopic (exact) mass is 316 g/mol. The summed E-state index contributed by atoms with van der Waals surface area (Å²) in [6.45, 7) is 6.37. The summed E-state index contributed by atoms with van der Waals surface area (Å²) in [4.78, 5) is 23.1. The van der Waals surface area contributed by atoms with E-state index in [1.807, 2.05) is 13.1 Å². The minimum atomic E-state index is 0.376. The lowest BCUT2D eigenvalue weighted by Crippen LogP contribution is -2.52. The second-order valence-corrected chi connectivity index (χ2v) is 7.13. The van der Waals surface area contributed by atoms with Crippen LogP contribution in [0.15, 0.2) is 6.20 Å². The van der Waals surface area contributed by atoms with E-state index < -0.39 is 0 Å². The molecule has 3 atom stereocenters. The summed E-state index contributed by atoms with van der Waals surface area (Å²) >= 11 is 0. The minimum Gasteiger partial charge on any atom is -0.368 e. The number of hydrogen-bond donors (Lipinski definition) is 1. The number of aromatic nitrogens is 2. The molecule has 2 N–H and O–H groups in total. The van der Waals surface area contributed by atoms with Gasteiger partial charge in [0.1, 0.15) is 5.78 Å². The summed E-state index contributed by atoms with van der Waals surface area (Å²) in [5, 5.41) is 0. The van der Waals surface area contributed by atoms with Gasteiger partial charge >= 0.3 is 0 Å². The number of fused-ring (bicyclic) bond motifs is 2. The molecule has 1 aromatic heterocycles. The van der Waals surface area contributed by atoms with Gasteiger partial charge in [0.05, 0.1) is 0 Å². The highest BCUT2D eigenvalue weighted by molar-refractivity contribution is 5.78. The summed E-state index contributed by atoms with van der Waals surface area (Å²) < 4.78 is 0. The van der Waals surface area contributed by atoms with Crippen LogP contribution in [0.3, 0.4) is 0 Å². The third-order valence-electron chi connectivity index (χ3n) is 5.42. The maximum Gasteiger partial charge on any atom is 0.220 e. The topological polar surface area (TPSA) is 72.1 Å². The summed E-state index contributed by atoms with van der Waals surface area (Å²) in [7, 11) is 0. The Labute approximate surface area is 138 Å². The molecule has 126 valence electrons. The zero-order chi connectivity index (χ0) is 16.4. The first-order valence-corrected chi connectivity index (χ1v) is 8.96. The highest BCUT2D eigenvalue weighted by Crippen LogP contribution is 2.37. The molecule has 1 aliphatic carbocycles. The first-order valence-electron chi connectivity index (χ1n) is 8.96. The molecule has 1 aliphatic heterocycles. The van der Waals surface area contributed by atoms with Crippen molar-refractivity contribution >= 4 is 11.7 Å². The molecule has 0 radical (unpaired) electrons. The minimum absolute atomic E-state index is 0.376. The van der Waals surface area contributed by atoms with Crippen LogP contribution < -0.4 is 5.73 Å². The predicted molar refractivity (Wildman–Crippen MR) is 91.0 cm³/mol. The molecule has 2 heterocycles. The van der Waals surface area contributed by atoms with E-state index >= 15 is 0 Å². The summed E-state index contributed by atoms with van der Waals surface area (Å²) in [6.07, 6.45) is 7.59. The van der Waals surface area contributed by atoms with Crippen molar-refractivity contribution in [2.75, 3.05) is 18.8 Å².